The van der Waals surface area contributed by atoms with E-state index in [0.717, 1.165) is 37.8 Å². The minimum Gasteiger partial charge on any atom is -0.444 e. The predicted molar refractivity (Wildman–Crippen MR) is 100 cm³/mol. The second-order valence-electron chi connectivity index (χ2n) is 7.38. The lowest BCUT2D eigenvalue weighted by Crippen LogP contribution is -2.55. The molecule has 1 fully saturated rings. The van der Waals surface area contributed by atoms with Crippen LogP contribution in [0.3, 0.4) is 0 Å². The summed E-state index contributed by atoms with van der Waals surface area (Å²) in [6.45, 7) is 15.9. The summed E-state index contributed by atoms with van der Waals surface area (Å²) < 4.78 is 5.50. The lowest BCUT2D eigenvalue weighted by molar-refractivity contribution is 0.0158. The highest BCUT2D eigenvalue weighted by molar-refractivity contribution is 5.69. The highest BCUT2D eigenvalue weighted by Gasteiger charge is 2.31. The van der Waals surface area contributed by atoms with Crippen LogP contribution in [0.25, 0.3) is 0 Å². The first-order valence-corrected chi connectivity index (χ1v) is 9.06. The molecule has 0 saturated carbocycles. The molecule has 0 N–H and O–H groups in total. The molecule has 1 saturated heterocycles. The quantitative estimate of drug-likeness (QED) is 0.833. The maximum atomic E-state index is 12.3. The minimum atomic E-state index is -0.473. The second-order valence-corrected chi connectivity index (χ2v) is 7.38. The first kappa shape index (κ1) is 19.3. The van der Waals surface area contributed by atoms with Gasteiger partial charge in [0, 0.05) is 44.8 Å². The molecule has 0 radical (unpaired) electrons. The van der Waals surface area contributed by atoms with E-state index in [4.69, 9.17) is 4.74 Å². The largest absolute Gasteiger partial charge is 0.444 e. The third-order valence-corrected chi connectivity index (χ3v) is 4.31. The fraction of sp³-hybridized carbons (Fsp3) is 0.722. The highest BCUT2D eigenvalue weighted by atomic mass is 16.6. The Morgan fingerprint density at radius 1 is 1.28 bits per heavy atom. The Balaban J connectivity index is 2.05. The number of ether oxygens (including phenoxy) is 1. The molecule has 1 aromatic rings. The number of anilines is 2. The summed E-state index contributed by atoms with van der Waals surface area (Å²) in [6.07, 6.45) is 1.37. The van der Waals surface area contributed by atoms with E-state index in [-0.39, 0.29) is 12.1 Å². The Morgan fingerprint density at radius 2 is 1.96 bits per heavy atom. The number of piperazine rings is 1. The summed E-state index contributed by atoms with van der Waals surface area (Å²) in [5.74, 6) is 1.85. The van der Waals surface area contributed by atoms with Crippen LogP contribution in [0.4, 0.5) is 16.4 Å². The van der Waals surface area contributed by atoms with Crippen molar-refractivity contribution in [3.05, 3.63) is 12.4 Å². The van der Waals surface area contributed by atoms with Crippen molar-refractivity contribution < 1.29 is 9.53 Å². The zero-order chi connectivity index (χ0) is 18.6. The van der Waals surface area contributed by atoms with Crippen LogP contribution in [-0.2, 0) is 4.74 Å². The SMILES string of the molecule is CCN(CC)c1cc(N2CCN(C(=O)OC(C)(C)C)C(C)C2)ncn1. The zero-order valence-electron chi connectivity index (χ0n) is 16.3. The van der Waals surface area contributed by atoms with Crippen LogP contribution in [0.1, 0.15) is 41.5 Å². The van der Waals surface area contributed by atoms with E-state index in [9.17, 15) is 4.79 Å². The highest BCUT2D eigenvalue weighted by Crippen LogP contribution is 2.22. The lowest BCUT2D eigenvalue weighted by Gasteiger charge is -2.40. The van der Waals surface area contributed by atoms with Gasteiger partial charge in [-0.15, -0.1) is 0 Å². The van der Waals surface area contributed by atoms with Gasteiger partial charge < -0.3 is 19.4 Å². The van der Waals surface area contributed by atoms with Crippen molar-refractivity contribution in [1.29, 1.82) is 0 Å². The molecule has 140 valence electrons. The number of hydrogen-bond acceptors (Lipinski definition) is 6. The van der Waals surface area contributed by atoms with E-state index in [1.54, 1.807) is 11.2 Å². The van der Waals surface area contributed by atoms with Crippen LogP contribution in [0, 0.1) is 0 Å². The molecule has 7 nitrogen and oxygen atoms in total. The molecule has 1 atom stereocenters. The molecule has 1 aliphatic rings. The van der Waals surface area contributed by atoms with E-state index in [1.165, 1.54) is 0 Å². The monoisotopic (exact) mass is 349 g/mol. The van der Waals surface area contributed by atoms with Gasteiger partial charge in [0.05, 0.1) is 0 Å². The van der Waals surface area contributed by atoms with Gasteiger partial charge in [-0.1, -0.05) is 0 Å². The van der Waals surface area contributed by atoms with Crippen LogP contribution in [0.5, 0.6) is 0 Å². The van der Waals surface area contributed by atoms with Gasteiger partial charge in [-0.25, -0.2) is 14.8 Å². The molecule has 25 heavy (non-hydrogen) atoms. The molecular weight excluding hydrogens is 318 g/mol. The maximum absolute atomic E-state index is 12.3. The molecule has 0 spiro atoms. The third-order valence-electron chi connectivity index (χ3n) is 4.31. The number of rotatable bonds is 4. The van der Waals surface area contributed by atoms with Crippen molar-refractivity contribution in [3.8, 4) is 0 Å². The molecule has 1 unspecified atom stereocenters. The van der Waals surface area contributed by atoms with Gasteiger partial charge in [0.25, 0.3) is 0 Å². The normalized spacial score (nSPS) is 18.2. The van der Waals surface area contributed by atoms with Crippen LogP contribution >= 0.6 is 0 Å². The van der Waals surface area contributed by atoms with E-state index in [2.05, 4.69) is 33.6 Å². The van der Waals surface area contributed by atoms with E-state index in [0.29, 0.717) is 6.54 Å². The third kappa shape index (κ3) is 4.96. The van der Waals surface area contributed by atoms with Crippen molar-refractivity contribution in [1.82, 2.24) is 14.9 Å². The van der Waals surface area contributed by atoms with Crippen molar-refractivity contribution in [2.45, 2.75) is 53.2 Å². The maximum Gasteiger partial charge on any atom is 0.410 e. The van der Waals surface area contributed by atoms with Crippen molar-refractivity contribution in [3.63, 3.8) is 0 Å². The Kier molecular flexibility index (Phi) is 6.08. The van der Waals surface area contributed by atoms with Crippen LogP contribution in [0.15, 0.2) is 12.4 Å². The number of amides is 1. The smallest absolute Gasteiger partial charge is 0.410 e. The minimum absolute atomic E-state index is 0.0652. The van der Waals surface area contributed by atoms with Gasteiger partial charge in [-0.05, 0) is 41.5 Å². The van der Waals surface area contributed by atoms with Gasteiger partial charge in [0.15, 0.2) is 0 Å². The van der Waals surface area contributed by atoms with Gasteiger partial charge in [-0.2, -0.15) is 0 Å². The molecule has 1 aromatic heterocycles. The van der Waals surface area contributed by atoms with E-state index in [1.807, 2.05) is 33.8 Å². The van der Waals surface area contributed by atoms with E-state index < -0.39 is 5.60 Å². The van der Waals surface area contributed by atoms with Gasteiger partial charge in [0.2, 0.25) is 0 Å². The van der Waals surface area contributed by atoms with Gasteiger partial charge in [-0.3, -0.25) is 0 Å². The van der Waals surface area contributed by atoms with Crippen molar-refractivity contribution in [2.75, 3.05) is 42.5 Å². The summed E-state index contributed by atoms with van der Waals surface area (Å²) in [5, 5.41) is 0. The number of carbonyl (C=O) groups excluding carboxylic acids is 1. The molecule has 1 aliphatic heterocycles. The van der Waals surface area contributed by atoms with Gasteiger partial charge in [0.1, 0.15) is 23.6 Å². The summed E-state index contributed by atoms with van der Waals surface area (Å²) in [6, 6.07) is 2.10. The molecular formula is C18H31N5O2. The van der Waals surface area contributed by atoms with Crippen molar-refractivity contribution >= 4 is 17.7 Å². The molecule has 0 aromatic carbocycles. The first-order valence-electron chi connectivity index (χ1n) is 9.06. The standard InChI is InChI=1S/C18H31N5O2/c1-7-21(8-2)15-11-16(20-13-19-15)22-9-10-23(14(3)12-22)17(24)25-18(4,5)6/h11,13-14H,7-10,12H2,1-6H3. The summed E-state index contributed by atoms with van der Waals surface area (Å²) in [5.41, 5.74) is -0.473. The molecule has 0 aliphatic carbocycles. The Bertz CT molecular complexity index is 583. The molecule has 0 bridgehead atoms. The predicted octanol–water partition coefficient (Wildman–Crippen LogP) is 2.77. The Morgan fingerprint density at radius 3 is 2.52 bits per heavy atom. The average molecular weight is 349 g/mol. The van der Waals surface area contributed by atoms with E-state index >= 15 is 0 Å². The molecule has 1 amide bonds. The Hall–Kier alpha value is -2.05. The summed E-state index contributed by atoms with van der Waals surface area (Å²) in [7, 11) is 0. The number of nitrogens with zero attached hydrogens (tertiary/aromatic N) is 5. The summed E-state index contributed by atoms with van der Waals surface area (Å²) in [4.78, 5) is 27.4. The lowest BCUT2D eigenvalue weighted by atomic mass is 10.2. The van der Waals surface area contributed by atoms with Crippen LogP contribution < -0.4 is 9.80 Å². The fourth-order valence-corrected chi connectivity index (χ4v) is 2.99. The Labute approximate surface area is 151 Å². The first-order chi connectivity index (χ1) is 11.7. The fourth-order valence-electron chi connectivity index (χ4n) is 2.99. The number of aromatic nitrogens is 2. The molecule has 2 heterocycles. The topological polar surface area (TPSA) is 61.8 Å². The van der Waals surface area contributed by atoms with Crippen molar-refractivity contribution in [2.24, 2.45) is 0 Å². The van der Waals surface area contributed by atoms with Crippen LogP contribution in [-0.4, -0.2) is 65.3 Å². The second kappa shape index (κ2) is 7.89. The number of carbonyl (C=O) groups is 1. The van der Waals surface area contributed by atoms with Gasteiger partial charge >= 0.3 is 6.09 Å². The number of hydrogen-bond donors (Lipinski definition) is 0. The summed E-state index contributed by atoms with van der Waals surface area (Å²) >= 11 is 0. The van der Waals surface area contributed by atoms with Crippen LogP contribution in [0.2, 0.25) is 0 Å². The average Bonchev–Trinajstić information content (AvgIpc) is 2.54. The molecule has 2 rings (SSSR count). The molecule has 7 heteroatoms. The zero-order valence-corrected chi connectivity index (χ0v) is 16.3.